The summed E-state index contributed by atoms with van der Waals surface area (Å²) in [6, 6.07) is 12.2. The lowest BCUT2D eigenvalue weighted by Gasteiger charge is -2.24. The van der Waals surface area contributed by atoms with Crippen LogP contribution in [0.2, 0.25) is 0 Å². The number of Topliss-reactive ketones (excluding diaryl/α,β-unsaturated/α-hetero) is 1. The predicted octanol–water partition coefficient (Wildman–Crippen LogP) is 10.4. The second-order valence-corrected chi connectivity index (χ2v) is 10.4. The van der Waals surface area contributed by atoms with E-state index in [-0.39, 0.29) is 11.5 Å². The minimum Gasteiger partial charge on any atom is -0.504 e. The Morgan fingerprint density at radius 1 is 0.811 bits per heavy atom. The molecule has 3 atom stereocenters. The Labute approximate surface area is 226 Å². The Morgan fingerprint density at radius 3 is 1.92 bits per heavy atom. The van der Waals surface area contributed by atoms with Gasteiger partial charge in [0.2, 0.25) is 5.78 Å². The van der Waals surface area contributed by atoms with E-state index in [1.165, 1.54) is 11.1 Å². The molecule has 3 nitrogen and oxygen atoms in total. The number of allylic oxidation sites excluding steroid dienone is 1. The highest BCUT2D eigenvalue weighted by Gasteiger charge is 2.23. The molecule has 1 N–H and O–H groups in total. The van der Waals surface area contributed by atoms with E-state index in [0.717, 1.165) is 74.7 Å². The molecule has 0 radical (unpaired) electrons. The Balaban J connectivity index is 2.62. The van der Waals surface area contributed by atoms with Crippen LogP contribution >= 0.6 is 0 Å². The fraction of sp³-hybridized carbons (Fsp3) is 0.559. The zero-order chi connectivity index (χ0) is 27.4. The summed E-state index contributed by atoms with van der Waals surface area (Å²) >= 11 is 0. The van der Waals surface area contributed by atoms with Gasteiger partial charge in [0.15, 0.2) is 5.76 Å². The van der Waals surface area contributed by atoms with Crippen molar-refractivity contribution in [1.29, 1.82) is 0 Å². The average molecular weight is 507 g/mol. The van der Waals surface area contributed by atoms with E-state index in [1.807, 2.05) is 18.2 Å². The quantitative estimate of drug-likeness (QED) is 0.140. The first kappa shape index (κ1) is 30.7. The molecule has 0 aliphatic heterocycles. The summed E-state index contributed by atoms with van der Waals surface area (Å²) < 4.78 is 5.94. The molecule has 0 aromatic heterocycles. The summed E-state index contributed by atoms with van der Waals surface area (Å²) in [5.74, 6) is 1.48. The van der Waals surface area contributed by atoms with Gasteiger partial charge < -0.3 is 9.84 Å². The van der Waals surface area contributed by atoms with Crippen molar-refractivity contribution in [2.45, 2.75) is 117 Å². The van der Waals surface area contributed by atoms with Crippen LogP contribution in [0.15, 0.2) is 42.2 Å². The molecule has 0 spiro atoms. The smallest absolute Gasteiger partial charge is 0.227 e. The molecule has 0 aliphatic carbocycles. The summed E-state index contributed by atoms with van der Waals surface area (Å²) in [7, 11) is 1.73. The molecule has 0 heterocycles. The summed E-state index contributed by atoms with van der Waals surface area (Å²) in [5, 5.41) is 11.1. The number of rotatable bonds is 16. The normalized spacial score (nSPS) is 14.3. The highest BCUT2D eigenvalue weighted by molar-refractivity contribution is 6.09. The van der Waals surface area contributed by atoms with Crippen LogP contribution in [0.4, 0.5) is 0 Å². The molecule has 2 aromatic rings. The van der Waals surface area contributed by atoms with Crippen LogP contribution in [-0.2, 0) is 0 Å². The standard InChI is InChI=1S/C34H50O3/c1-8-15-24(11-4)27-18-14-19-28(20-27)34(36)31(35)22-30-21-29(25(12-5)16-9-2)23-32(37-7)33(30)26(13-6)17-10-3/h14,18-26,35H,8-13,15-17H2,1-7H3. The fourth-order valence-corrected chi connectivity index (χ4v) is 5.74. The lowest BCUT2D eigenvalue weighted by Crippen LogP contribution is -2.09. The van der Waals surface area contributed by atoms with Gasteiger partial charge in [0.1, 0.15) is 5.75 Å². The van der Waals surface area contributed by atoms with Crippen LogP contribution in [0, 0.1) is 0 Å². The van der Waals surface area contributed by atoms with Gasteiger partial charge in [-0.2, -0.15) is 0 Å². The highest BCUT2D eigenvalue weighted by Crippen LogP contribution is 2.40. The third kappa shape index (κ3) is 7.97. The van der Waals surface area contributed by atoms with Crippen molar-refractivity contribution in [2.24, 2.45) is 0 Å². The molecular weight excluding hydrogens is 456 g/mol. The summed E-state index contributed by atoms with van der Waals surface area (Å²) in [5.41, 5.74) is 4.94. The highest BCUT2D eigenvalue weighted by atomic mass is 16.5. The summed E-state index contributed by atoms with van der Waals surface area (Å²) in [4.78, 5) is 13.4. The molecule has 37 heavy (non-hydrogen) atoms. The van der Waals surface area contributed by atoms with Crippen LogP contribution in [0.3, 0.4) is 0 Å². The Morgan fingerprint density at radius 2 is 1.38 bits per heavy atom. The molecule has 0 amide bonds. The number of ketones is 1. The Bertz CT molecular complexity index is 1020. The SMILES string of the molecule is CCCC(CC)c1cccc(C(=O)C(O)=Cc2cc(C(CC)CCC)cc(OC)c2C(CC)CCC)c1. The number of aliphatic hydroxyl groups excluding tert-OH is 1. The van der Waals surface area contributed by atoms with Gasteiger partial charge in [-0.25, -0.2) is 0 Å². The van der Waals surface area contributed by atoms with Crippen molar-refractivity contribution >= 4 is 11.9 Å². The number of hydrogen-bond acceptors (Lipinski definition) is 3. The van der Waals surface area contributed by atoms with Gasteiger partial charge in [0, 0.05) is 11.1 Å². The van der Waals surface area contributed by atoms with Crippen LogP contribution in [0.1, 0.15) is 150 Å². The molecule has 204 valence electrons. The Kier molecular flexibility index (Phi) is 13.0. The molecule has 0 fully saturated rings. The number of carbonyl (C=O) groups is 1. The van der Waals surface area contributed by atoms with Crippen molar-refractivity contribution in [3.63, 3.8) is 0 Å². The first-order valence-corrected chi connectivity index (χ1v) is 14.7. The van der Waals surface area contributed by atoms with Crippen LogP contribution in [0.5, 0.6) is 5.75 Å². The average Bonchev–Trinajstić information content (AvgIpc) is 2.92. The number of methoxy groups -OCH3 is 1. The van der Waals surface area contributed by atoms with E-state index in [2.05, 4.69) is 59.7 Å². The van der Waals surface area contributed by atoms with Crippen molar-refractivity contribution in [1.82, 2.24) is 0 Å². The second-order valence-electron chi connectivity index (χ2n) is 10.4. The van der Waals surface area contributed by atoms with Crippen LogP contribution in [-0.4, -0.2) is 18.0 Å². The van der Waals surface area contributed by atoms with Crippen molar-refractivity contribution < 1.29 is 14.6 Å². The largest absolute Gasteiger partial charge is 0.504 e. The lowest BCUT2D eigenvalue weighted by molar-refractivity contribution is 0.0980. The maximum atomic E-state index is 13.4. The molecule has 2 aromatic carbocycles. The maximum Gasteiger partial charge on any atom is 0.227 e. The number of aliphatic hydroxyl groups is 1. The van der Waals surface area contributed by atoms with Crippen LogP contribution < -0.4 is 4.74 Å². The minimum absolute atomic E-state index is 0.212. The summed E-state index contributed by atoms with van der Waals surface area (Å²) in [6.45, 7) is 13.2. The van der Waals surface area contributed by atoms with Gasteiger partial charge in [-0.05, 0) is 91.2 Å². The molecular formula is C34H50O3. The van der Waals surface area contributed by atoms with Gasteiger partial charge in [-0.1, -0.05) is 85.1 Å². The van der Waals surface area contributed by atoms with Crippen molar-refractivity contribution in [3.8, 4) is 5.75 Å². The van der Waals surface area contributed by atoms with E-state index >= 15 is 0 Å². The molecule has 0 saturated heterocycles. The molecule has 3 unspecified atom stereocenters. The maximum absolute atomic E-state index is 13.4. The van der Waals surface area contributed by atoms with E-state index in [4.69, 9.17) is 4.74 Å². The molecule has 0 saturated carbocycles. The lowest BCUT2D eigenvalue weighted by atomic mass is 9.83. The first-order valence-electron chi connectivity index (χ1n) is 14.7. The minimum atomic E-state index is -0.326. The number of carbonyl (C=O) groups excluding carboxylic acids is 1. The summed E-state index contributed by atoms with van der Waals surface area (Å²) in [6.07, 6.45) is 11.3. The van der Waals surface area contributed by atoms with E-state index < -0.39 is 0 Å². The predicted molar refractivity (Wildman–Crippen MR) is 158 cm³/mol. The third-order valence-electron chi connectivity index (χ3n) is 7.83. The number of benzene rings is 2. The Hall–Kier alpha value is -2.55. The monoisotopic (exact) mass is 506 g/mol. The van der Waals surface area contributed by atoms with Gasteiger partial charge in [0.05, 0.1) is 7.11 Å². The molecule has 2 rings (SSSR count). The van der Waals surface area contributed by atoms with Gasteiger partial charge >= 0.3 is 0 Å². The number of hydrogen-bond donors (Lipinski definition) is 1. The van der Waals surface area contributed by atoms with Gasteiger partial charge in [-0.15, -0.1) is 0 Å². The molecule has 3 heteroatoms. The molecule has 0 aliphatic rings. The van der Waals surface area contributed by atoms with Crippen molar-refractivity contribution in [3.05, 3.63) is 70.0 Å². The van der Waals surface area contributed by atoms with Crippen molar-refractivity contribution in [2.75, 3.05) is 7.11 Å². The van der Waals surface area contributed by atoms with Gasteiger partial charge in [0.25, 0.3) is 0 Å². The zero-order valence-electron chi connectivity index (χ0n) is 24.4. The third-order valence-corrected chi connectivity index (χ3v) is 7.83. The number of ether oxygens (including phenoxy) is 1. The first-order chi connectivity index (χ1) is 17.9. The molecule has 0 bridgehead atoms. The van der Waals surface area contributed by atoms with Gasteiger partial charge in [-0.3, -0.25) is 4.79 Å². The van der Waals surface area contributed by atoms with E-state index in [9.17, 15) is 9.90 Å². The topological polar surface area (TPSA) is 46.5 Å². The van der Waals surface area contributed by atoms with E-state index in [0.29, 0.717) is 23.3 Å². The van der Waals surface area contributed by atoms with E-state index in [1.54, 1.807) is 13.2 Å². The fourth-order valence-electron chi connectivity index (χ4n) is 5.74. The second kappa shape index (κ2) is 15.6. The van der Waals surface area contributed by atoms with Crippen LogP contribution in [0.25, 0.3) is 6.08 Å². The zero-order valence-corrected chi connectivity index (χ0v) is 24.4.